The van der Waals surface area contributed by atoms with Crippen LogP contribution in [-0.2, 0) is 20.9 Å². The lowest BCUT2D eigenvalue weighted by atomic mass is 9.98. The summed E-state index contributed by atoms with van der Waals surface area (Å²) in [5.41, 5.74) is 2.12. The molecule has 1 unspecified atom stereocenters. The van der Waals surface area contributed by atoms with Crippen LogP contribution >= 0.6 is 0 Å². The van der Waals surface area contributed by atoms with Gasteiger partial charge in [-0.05, 0) is 24.6 Å². The van der Waals surface area contributed by atoms with Crippen molar-refractivity contribution in [1.29, 1.82) is 0 Å². The predicted octanol–water partition coefficient (Wildman–Crippen LogP) is 3.42. The molecule has 2 aliphatic rings. The maximum atomic E-state index is 13.3. The molecule has 8 nitrogen and oxygen atoms in total. The Morgan fingerprint density at radius 1 is 0.946 bits per heavy atom. The number of carbonyl (C=O) groups is 3. The lowest BCUT2D eigenvalue weighted by Crippen LogP contribution is -2.71. The standard InChI is InChI=1S/C21H30N4O3.C8H11N/c1-3-4-5-6-10-13-23-14-18-24(16-26)22(2)15-19(27)25(18)20(21(23)28)17-11-8-7-9-12-17;1-9-7-8-5-3-2-4-6-8/h7-9,11-12,16,18,20H,3-6,10,13-15H2,1-2H3;2-6,9H,7H2,1H3/t18?,20-;/m0./s1. The van der Waals surface area contributed by atoms with Crippen LogP contribution in [0.25, 0.3) is 0 Å². The Balaban J connectivity index is 0.000000356. The summed E-state index contributed by atoms with van der Waals surface area (Å²) in [7, 11) is 3.68. The number of nitrogens with one attached hydrogen (secondary N) is 1. The molecule has 2 atom stereocenters. The predicted molar refractivity (Wildman–Crippen MR) is 145 cm³/mol. The number of fused-ring (bicyclic) bond motifs is 1. The van der Waals surface area contributed by atoms with Crippen molar-refractivity contribution in [3.8, 4) is 0 Å². The van der Waals surface area contributed by atoms with Crippen LogP contribution in [0.2, 0.25) is 0 Å². The second-order valence-corrected chi connectivity index (χ2v) is 9.61. The average molecular weight is 508 g/mol. The average Bonchev–Trinajstić information content (AvgIpc) is 2.91. The number of hydrazine groups is 1. The smallest absolute Gasteiger partial charge is 0.250 e. The van der Waals surface area contributed by atoms with Crippen molar-refractivity contribution >= 4 is 18.2 Å². The SMILES string of the molecule is CCCCCCCN1CC2N(C(=O)CN(C)N2C=O)[C@@H](c2ccccc2)C1=O.CNCc1ccccc1. The van der Waals surface area contributed by atoms with Crippen molar-refractivity contribution < 1.29 is 14.4 Å². The molecule has 37 heavy (non-hydrogen) atoms. The first kappa shape index (κ1) is 28.3. The molecule has 0 aliphatic carbocycles. The van der Waals surface area contributed by atoms with Crippen molar-refractivity contribution in [3.05, 3.63) is 71.8 Å². The molecule has 0 radical (unpaired) electrons. The summed E-state index contributed by atoms with van der Waals surface area (Å²) in [5, 5.41) is 6.25. The van der Waals surface area contributed by atoms with Crippen LogP contribution in [0.4, 0.5) is 0 Å². The molecular weight excluding hydrogens is 466 g/mol. The molecule has 2 fully saturated rings. The van der Waals surface area contributed by atoms with Gasteiger partial charge in [-0.25, -0.2) is 5.01 Å². The van der Waals surface area contributed by atoms with E-state index in [-0.39, 0.29) is 18.4 Å². The molecule has 0 saturated carbocycles. The molecule has 2 aromatic carbocycles. The van der Waals surface area contributed by atoms with E-state index in [1.165, 1.54) is 23.4 Å². The van der Waals surface area contributed by atoms with Crippen LogP contribution in [0.15, 0.2) is 60.7 Å². The molecule has 0 bridgehead atoms. The number of carbonyl (C=O) groups excluding carboxylic acids is 3. The lowest BCUT2D eigenvalue weighted by Gasteiger charge is -2.53. The summed E-state index contributed by atoms with van der Waals surface area (Å²) < 4.78 is 0. The Labute approximate surface area is 221 Å². The molecule has 8 heteroatoms. The second-order valence-electron chi connectivity index (χ2n) is 9.61. The Morgan fingerprint density at radius 2 is 1.59 bits per heavy atom. The van der Waals surface area contributed by atoms with E-state index in [0.29, 0.717) is 13.1 Å². The van der Waals surface area contributed by atoms with Gasteiger partial charge in [0.1, 0.15) is 12.2 Å². The van der Waals surface area contributed by atoms with E-state index in [1.54, 1.807) is 17.0 Å². The van der Waals surface area contributed by atoms with E-state index in [2.05, 4.69) is 24.4 Å². The number of likely N-dealkylation sites (N-methyl/N-ethyl adjacent to an activating group) is 1. The number of hydrogen-bond donors (Lipinski definition) is 1. The van der Waals surface area contributed by atoms with Crippen LogP contribution in [0.5, 0.6) is 0 Å². The Bertz CT molecular complexity index is 988. The zero-order chi connectivity index (χ0) is 26.6. The van der Waals surface area contributed by atoms with Crippen molar-refractivity contribution in [1.82, 2.24) is 25.1 Å². The van der Waals surface area contributed by atoms with E-state index >= 15 is 0 Å². The van der Waals surface area contributed by atoms with Crippen molar-refractivity contribution in [2.24, 2.45) is 0 Å². The normalized spacial score (nSPS) is 19.8. The molecule has 2 aliphatic heterocycles. The molecule has 2 aromatic rings. The second kappa shape index (κ2) is 14.5. The first-order valence-corrected chi connectivity index (χ1v) is 13.3. The summed E-state index contributed by atoms with van der Waals surface area (Å²) in [6, 6.07) is 19.1. The fourth-order valence-electron chi connectivity index (χ4n) is 4.94. The Kier molecular flexibility index (Phi) is 11.1. The number of amides is 3. The van der Waals surface area contributed by atoms with Crippen molar-refractivity contribution in [2.45, 2.75) is 57.8 Å². The van der Waals surface area contributed by atoms with Gasteiger partial charge in [0.15, 0.2) is 0 Å². The topological polar surface area (TPSA) is 76.2 Å². The van der Waals surface area contributed by atoms with Gasteiger partial charge in [-0.1, -0.05) is 93.3 Å². The molecule has 2 saturated heterocycles. The van der Waals surface area contributed by atoms with Crippen molar-refractivity contribution in [2.75, 3.05) is 33.7 Å². The molecular formula is C29H41N5O3. The van der Waals surface area contributed by atoms with Crippen LogP contribution < -0.4 is 5.32 Å². The van der Waals surface area contributed by atoms with Gasteiger partial charge < -0.3 is 15.1 Å². The highest BCUT2D eigenvalue weighted by molar-refractivity contribution is 5.91. The number of hydrogen-bond acceptors (Lipinski definition) is 5. The summed E-state index contributed by atoms with van der Waals surface area (Å²) in [5.74, 6) is -0.183. The number of unbranched alkanes of at least 4 members (excludes halogenated alkanes) is 4. The monoisotopic (exact) mass is 507 g/mol. The molecule has 4 rings (SSSR count). The zero-order valence-electron chi connectivity index (χ0n) is 22.4. The quantitative estimate of drug-likeness (QED) is 0.394. The van der Waals surface area contributed by atoms with E-state index in [1.807, 2.05) is 60.5 Å². The van der Waals surface area contributed by atoms with Crippen molar-refractivity contribution in [3.63, 3.8) is 0 Å². The number of benzene rings is 2. The molecule has 2 heterocycles. The van der Waals surface area contributed by atoms with Gasteiger partial charge in [0, 0.05) is 20.1 Å². The first-order chi connectivity index (χ1) is 18.0. The van der Waals surface area contributed by atoms with Crippen LogP contribution in [0, 0.1) is 0 Å². The number of piperazine rings is 1. The molecule has 1 N–H and O–H groups in total. The first-order valence-electron chi connectivity index (χ1n) is 13.3. The van der Waals surface area contributed by atoms with E-state index in [4.69, 9.17) is 0 Å². The van der Waals surface area contributed by atoms with Gasteiger partial charge in [0.25, 0.3) is 0 Å². The van der Waals surface area contributed by atoms with Gasteiger partial charge in [-0.2, -0.15) is 0 Å². The van der Waals surface area contributed by atoms with Gasteiger partial charge in [0.05, 0.1) is 13.1 Å². The van der Waals surface area contributed by atoms with Gasteiger partial charge in [-0.15, -0.1) is 0 Å². The third-order valence-corrected chi connectivity index (χ3v) is 6.86. The Morgan fingerprint density at radius 3 is 2.22 bits per heavy atom. The largest absolute Gasteiger partial charge is 0.337 e. The lowest BCUT2D eigenvalue weighted by molar-refractivity contribution is -0.197. The maximum Gasteiger partial charge on any atom is 0.250 e. The molecule has 3 amide bonds. The summed E-state index contributed by atoms with van der Waals surface area (Å²) in [6.45, 7) is 4.23. The minimum atomic E-state index is -0.681. The highest BCUT2D eigenvalue weighted by atomic mass is 16.2. The summed E-state index contributed by atoms with van der Waals surface area (Å²) >= 11 is 0. The minimum absolute atomic E-state index is 0.0540. The summed E-state index contributed by atoms with van der Waals surface area (Å²) in [4.78, 5) is 41.3. The van der Waals surface area contributed by atoms with Gasteiger partial charge >= 0.3 is 0 Å². The van der Waals surface area contributed by atoms with Gasteiger partial charge in [0.2, 0.25) is 18.2 Å². The zero-order valence-corrected chi connectivity index (χ0v) is 22.4. The fourth-order valence-corrected chi connectivity index (χ4v) is 4.94. The number of rotatable bonds is 10. The van der Waals surface area contributed by atoms with Crippen LogP contribution in [0.3, 0.4) is 0 Å². The highest BCUT2D eigenvalue weighted by Crippen LogP contribution is 2.33. The summed E-state index contributed by atoms with van der Waals surface area (Å²) in [6.07, 6.45) is 5.85. The van der Waals surface area contributed by atoms with E-state index in [0.717, 1.165) is 37.8 Å². The van der Waals surface area contributed by atoms with E-state index in [9.17, 15) is 14.4 Å². The molecule has 0 spiro atoms. The minimum Gasteiger partial charge on any atom is -0.337 e. The fraction of sp³-hybridized carbons (Fsp3) is 0.483. The van der Waals surface area contributed by atoms with Crippen LogP contribution in [-0.4, -0.2) is 77.9 Å². The molecule has 0 aromatic heterocycles. The van der Waals surface area contributed by atoms with E-state index < -0.39 is 12.2 Å². The maximum absolute atomic E-state index is 13.3. The third kappa shape index (κ3) is 7.40. The third-order valence-electron chi connectivity index (χ3n) is 6.86. The molecule has 200 valence electrons. The Hall–Kier alpha value is -3.23. The highest BCUT2D eigenvalue weighted by Gasteiger charge is 2.49. The van der Waals surface area contributed by atoms with Gasteiger partial charge in [-0.3, -0.25) is 19.4 Å². The number of nitrogens with zero attached hydrogens (tertiary/aromatic N) is 4. The van der Waals surface area contributed by atoms with Crippen LogP contribution in [0.1, 0.15) is 56.2 Å².